The summed E-state index contributed by atoms with van der Waals surface area (Å²) in [6.45, 7) is 2.29. The van der Waals surface area contributed by atoms with E-state index >= 15 is 0 Å². The number of carbonyl (C=O) groups is 2. The van der Waals surface area contributed by atoms with Crippen LogP contribution in [-0.2, 0) is 4.79 Å². The van der Waals surface area contributed by atoms with Crippen LogP contribution in [-0.4, -0.2) is 12.3 Å². The van der Waals surface area contributed by atoms with Crippen LogP contribution in [0.5, 0.6) is 5.75 Å². The number of benzene rings is 1. The maximum absolute atomic E-state index is 12.4. The van der Waals surface area contributed by atoms with Gasteiger partial charge < -0.3 is 4.74 Å². The number of carbonyl (C=O) groups excluding carboxylic acids is 2. The summed E-state index contributed by atoms with van der Waals surface area (Å²) in [7, 11) is 0. The molecule has 0 aliphatic heterocycles. The average Bonchev–Trinajstić information content (AvgIpc) is 2.69. The van der Waals surface area contributed by atoms with E-state index in [9.17, 15) is 9.59 Å². The smallest absolute Gasteiger partial charge is 0.314 e. The van der Waals surface area contributed by atoms with Gasteiger partial charge in [0, 0.05) is 5.56 Å². The first-order valence-corrected chi connectivity index (χ1v) is 10.5. The van der Waals surface area contributed by atoms with E-state index in [0.717, 1.165) is 36.9 Å². The predicted octanol–water partition coefficient (Wildman–Crippen LogP) is 5.82. The molecule has 142 valence electrons. The van der Waals surface area contributed by atoms with Crippen LogP contribution in [0.15, 0.2) is 24.3 Å². The normalized spacial score (nSPS) is 29.1. The molecule has 1 aromatic rings. The standard InChI is InChI=1S/C23H32O3/c1-2-3-17-4-8-19(9-5-17)20-10-12-21(13-11-20)23(25)26-22-14-6-18(16-24)7-15-22/h6-7,14-17,19-21H,2-5,8-13H2,1H3/t17-,19-,20?,21?. The Bertz CT molecular complexity index is 576. The summed E-state index contributed by atoms with van der Waals surface area (Å²) >= 11 is 0. The second-order valence-corrected chi connectivity index (χ2v) is 8.29. The third kappa shape index (κ3) is 4.96. The molecule has 3 heteroatoms. The lowest BCUT2D eigenvalue weighted by molar-refractivity contribution is -0.140. The van der Waals surface area contributed by atoms with Gasteiger partial charge in [0.05, 0.1) is 5.92 Å². The molecule has 1 aromatic carbocycles. The molecule has 0 saturated heterocycles. The molecule has 0 spiro atoms. The maximum atomic E-state index is 12.4. The summed E-state index contributed by atoms with van der Waals surface area (Å²) in [4.78, 5) is 23.1. The molecule has 2 aliphatic rings. The van der Waals surface area contributed by atoms with E-state index < -0.39 is 0 Å². The minimum Gasteiger partial charge on any atom is -0.426 e. The van der Waals surface area contributed by atoms with Crippen LogP contribution in [0.2, 0.25) is 0 Å². The number of esters is 1. The summed E-state index contributed by atoms with van der Waals surface area (Å²) in [5.74, 6) is 3.14. The van der Waals surface area contributed by atoms with Crippen LogP contribution in [0.25, 0.3) is 0 Å². The summed E-state index contributed by atoms with van der Waals surface area (Å²) in [6.07, 6.45) is 13.4. The van der Waals surface area contributed by atoms with Gasteiger partial charge in [-0.05, 0) is 80.5 Å². The van der Waals surface area contributed by atoms with Crippen molar-refractivity contribution in [3.63, 3.8) is 0 Å². The number of aldehydes is 1. The highest BCUT2D eigenvalue weighted by molar-refractivity contribution is 5.77. The van der Waals surface area contributed by atoms with Gasteiger partial charge in [-0.25, -0.2) is 0 Å². The van der Waals surface area contributed by atoms with Crippen molar-refractivity contribution in [3.05, 3.63) is 29.8 Å². The lowest BCUT2D eigenvalue weighted by atomic mass is 9.69. The van der Waals surface area contributed by atoms with Crippen molar-refractivity contribution in [2.45, 2.75) is 71.1 Å². The number of rotatable bonds is 6. The quantitative estimate of drug-likeness (QED) is 0.366. The Morgan fingerprint density at radius 2 is 1.54 bits per heavy atom. The second kappa shape index (κ2) is 9.34. The fourth-order valence-electron chi connectivity index (χ4n) is 5.00. The zero-order chi connectivity index (χ0) is 18.4. The molecule has 0 heterocycles. The largest absolute Gasteiger partial charge is 0.426 e. The molecule has 3 nitrogen and oxygen atoms in total. The molecule has 2 aliphatic carbocycles. The first-order valence-electron chi connectivity index (χ1n) is 10.5. The van der Waals surface area contributed by atoms with Gasteiger partial charge in [-0.2, -0.15) is 0 Å². The highest BCUT2D eigenvalue weighted by Crippen LogP contribution is 2.42. The first kappa shape index (κ1) is 19.1. The third-order valence-corrected chi connectivity index (χ3v) is 6.59. The minimum absolute atomic E-state index is 0.0356. The van der Waals surface area contributed by atoms with Crippen LogP contribution in [0.1, 0.15) is 81.5 Å². The van der Waals surface area contributed by atoms with Gasteiger partial charge in [0.25, 0.3) is 0 Å². The Hall–Kier alpha value is -1.64. The Kier molecular flexibility index (Phi) is 6.87. The molecular formula is C23H32O3. The maximum Gasteiger partial charge on any atom is 0.314 e. The highest BCUT2D eigenvalue weighted by Gasteiger charge is 2.33. The molecule has 0 amide bonds. The van der Waals surface area contributed by atoms with E-state index in [1.54, 1.807) is 24.3 Å². The van der Waals surface area contributed by atoms with Crippen LogP contribution in [0.4, 0.5) is 0 Å². The van der Waals surface area contributed by atoms with Crippen molar-refractivity contribution in [3.8, 4) is 5.75 Å². The fourth-order valence-corrected chi connectivity index (χ4v) is 5.00. The molecule has 0 unspecified atom stereocenters. The summed E-state index contributed by atoms with van der Waals surface area (Å²) in [5, 5.41) is 0. The van der Waals surface area contributed by atoms with Gasteiger partial charge >= 0.3 is 5.97 Å². The zero-order valence-corrected chi connectivity index (χ0v) is 16.0. The third-order valence-electron chi connectivity index (χ3n) is 6.59. The minimum atomic E-state index is -0.103. The average molecular weight is 357 g/mol. The lowest BCUT2D eigenvalue weighted by Crippen LogP contribution is -2.30. The Morgan fingerprint density at radius 3 is 2.08 bits per heavy atom. The van der Waals surface area contributed by atoms with Crippen molar-refractivity contribution < 1.29 is 14.3 Å². The van der Waals surface area contributed by atoms with Crippen molar-refractivity contribution >= 4 is 12.3 Å². The fraction of sp³-hybridized carbons (Fsp3) is 0.652. The Balaban J connectivity index is 1.43. The van der Waals surface area contributed by atoms with Gasteiger partial charge in [-0.3, -0.25) is 9.59 Å². The van der Waals surface area contributed by atoms with E-state index in [2.05, 4.69) is 6.92 Å². The van der Waals surface area contributed by atoms with Gasteiger partial charge in [0.1, 0.15) is 12.0 Å². The van der Waals surface area contributed by atoms with Crippen LogP contribution >= 0.6 is 0 Å². The SMILES string of the molecule is CCC[C@H]1CC[C@H](C2CCC(C(=O)Oc3ccc(C=O)cc3)CC2)CC1. The van der Waals surface area contributed by atoms with Gasteiger partial charge in [-0.1, -0.05) is 32.6 Å². The molecular weight excluding hydrogens is 324 g/mol. The highest BCUT2D eigenvalue weighted by atomic mass is 16.5. The van der Waals surface area contributed by atoms with E-state index in [0.29, 0.717) is 11.3 Å². The Labute approximate surface area is 157 Å². The number of hydrogen-bond acceptors (Lipinski definition) is 3. The Morgan fingerprint density at radius 1 is 0.962 bits per heavy atom. The molecule has 0 bridgehead atoms. The molecule has 0 radical (unpaired) electrons. The summed E-state index contributed by atoms with van der Waals surface area (Å²) < 4.78 is 5.52. The lowest BCUT2D eigenvalue weighted by Gasteiger charge is -2.37. The molecule has 2 fully saturated rings. The van der Waals surface area contributed by atoms with E-state index in [-0.39, 0.29) is 11.9 Å². The molecule has 0 aromatic heterocycles. The first-order chi connectivity index (χ1) is 12.7. The molecule has 3 rings (SSSR count). The summed E-state index contributed by atoms with van der Waals surface area (Å²) in [5.41, 5.74) is 0.596. The van der Waals surface area contributed by atoms with Crippen LogP contribution in [0, 0.1) is 23.7 Å². The second-order valence-electron chi connectivity index (χ2n) is 8.29. The monoisotopic (exact) mass is 356 g/mol. The van der Waals surface area contributed by atoms with Crippen LogP contribution in [0.3, 0.4) is 0 Å². The molecule has 26 heavy (non-hydrogen) atoms. The van der Waals surface area contributed by atoms with E-state index in [1.165, 1.54) is 51.4 Å². The van der Waals surface area contributed by atoms with Crippen molar-refractivity contribution in [1.29, 1.82) is 0 Å². The predicted molar refractivity (Wildman–Crippen MR) is 103 cm³/mol. The molecule has 2 saturated carbocycles. The topological polar surface area (TPSA) is 43.4 Å². The van der Waals surface area contributed by atoms with Crippen molar-refractivity contribution in [1.82, 2.24) is 0 Å². The molecule has 0 atom stereocenters. The zero-order valence-electron chi connectivity index (χ0n) is 16.0. The van der Waals surface area contributed by atoms with Crippen LogP contribution < -0.4 is 4.74 Å². The van der Waals surface area contributed by atoms with Crippen molar-refractivity contribution in [2.24, 2.45) is 23.7 Å². The van der Waals surface area contributed by atoms with Gasteiger partial charge in [0.15, 0.2) is 0 Å². The van der Waals surface area contributed by atoms with Gasteiger partial charge in [0.2, 0.25) is 0 Å². The molecule has 0 N–H and O–H groups in total. The summed E-state index contributed by atoms with van der Waals surface area (Å²) in [6, 6.07) is 6.76. The number of hydrogen-bond donors (Lipinski definition) is 0. The number of ether oxygens (including phenoxy) is 1. The van der Waals surface area contributed by atoms with Gasteiger partial charge in [-0.15, -0.1) is 0 Å². The van der Waals surface area contributed by atoms with Crippen molar-refractivity contribution in [2.75, 3.05) is 0 Å². The van der Waals surface area contributed by atoms with E-state index in [1.807, 2.05) is 0 Å². The van der Waals surface area contributed by atoms with E-state index in [4.69, 9.17) is 4.74 Å².